The van der Waals surface area contributed by atoms with Gasteiger partial charge in [-0.3, -0.25) is 0 Å². The lowest BCUT2D eigenvalue weighted by atomic mass is 10.1. The first kappa shape index (κ1) is 18.3. The summed E-state index contributed by atoms with van der Waals surface area (Å²) in [6.45, 7) is 0.945. The van der Waals surface area contributed by atoms with Crippen LogP contribution in [0, 0.1) is 0 Å². The van der Waals surface area contributed by atoms with Crippen molar-refractivity contribution in [1.29, 1.82) is 0 Å². The maximum atomic E-state index is 10.8. The Labute approximate surface area is 158 Å². The summed E-state index contributed by atoms with van der Waals surface area (Å²) in [7, 11) is 1.61. The molecule has 0 unspecified atom stereocenters. The summed E-state index contributed by atoms with van der Waals surface area (Å²) in [6.07, 6.45) is 0. The van der Waals surface area contributed by atoms with Gasteiger partial charge in [0.05, 0.1) is 13.1 Å². The fourth-order valence-corrected chi connectivity index (χ4v) is 2.68. The first-order valence-electron chi connectivity index (χ1n) is 8.55. The van der Waals surface area contributed by atoms with Crippen LogP contribution in [-0.2, 0) is 13.2 Å². The van der Waals surface area contributed by atoms with E-state index in [9.17, 15) is 9.90 Å². The molecule has 0 aliphatic carbocycles. The molecule has 27 heavy (non-hydrogen) atoms. The molecule has 0 aliphatic heterocycles. The molecule has 1 N–H and O–H groups in total. The number of anilines is 1. The third-order valence-corrected chi connectivity index (χ3v) is 4.11. The molecule has 0 aliphatic rings. The van der Waals surface area contributed by atoms with Crippen molar-refractivity contribution < 1.29 is 19.4 Å². The Balaban J connectivity index is 1.73. The van der Waals surface area contributed by atoms with Gasteiger partial charge in [0, 0.05) is 17.8 Å². The van der Waals surface area contributed by atoms with Gasteiger partial charge in [0.15, 0.2) is 11.5 Å². The Kier molecular flexibility index (Phi) is 5.94. The Morgan fingerprint density at radius 2 is 1.70 bits per heavy atom. The minimum absolute atomic E-state index is 0.147. The molecule has 0 spiro atoms. The van der Waals surface area contributed by atoms with Crippen LogP contribution < -0.4 is 19.9 Å². The number of ether oxygens (including phenoxy) is 2. The number of aromatic carboxylic acids is 1. The number of carbonyl (C=O) groups excluding carboxylic acids is 1. The average molecular weight is 362 g/mol. The summed E-state index contributed by atoms with van der Waals surface area (Å²) < 4.78 is 11.5. The molecular formula is C22H20NO4-. The van der Waals surface area contributed by atoms with Crippen LogP contribution in [0.4, 0.5) is 5.69 Å². The Morgan fingerprint density at radius 1 is 0.963 bits per heavy atom. The van der Waals surface area contributed by atoms with Gasteiger partial charge in [-0.15, -0.1) is 0 Å². The zero-order chi connectivity index (χ0) is 19.1. The first-order chi connectivity index (χ1) is 13.2. The molecule has 0 saturated carbocycles. The van der Waals surface area contributed by atoms with Crippen molar-refractivity contribution in [3.63, 3.8) is 0 Å². The van der Waals surface area contributed by atoms with E-state index < -0.39 is 5.97 Å². The largest absolute Gasteiger partial charge is 0.545 e. The van der Waals surface area contributed by atoms with Crippen molar-refractivity contribution >= 4 is 11.7 Å². The number of carboxylic acids is 1. The highest BCUT2D eigenvalue weighted by atomic mass is 16.5. The van der Waals surface area contributed by atoms with Crippen LogP contribution in [0.3, 0.4) is 0 Å². The van der Waals surface area contributed by atoms with E-state index in [1.165, 1.54) is 12.1 Å². The average Bonchev–Trinajstić information content (AvgIpc) is 2.71. The molecule has 3 aromatic carbocycles. The normalized spacial score (nSPS) is 10.3. The van der Waals surface area contributed by atoms with Gasteiger partial charge in [-0.05, 0) is 29.3 Å². The maximum Gasteiger partial charge on any atom is 0.166 e. The molecule has 0 radical (unpaired) electrons. The van der Waals surface area contributed by atoms with Crippen molar-refractivity contribution in [2.75, 3.05) is 12.4 Å². The highest BCUT2D eigenvalue weighted by Gasteiger charge is 2.11. The predicted molar refractivity (Wildman–Crippen MR) is 102 cm³/mol. The van der Waals surface area contributed by atoms with Crippen LogP contribution in [0.15, 0.2) is 72.8 Å². The molecule has 0 atom stereocenters. The summed E-state index contributed by atoms with van der Waals surface area (Å²) in [4.78, 5) is 10.8. The highest BCUT2D eigenvalue weighted by molar-refractivity contribution is 5.86. The van der Waals surface area contributed by atoms with Crippen LogP contribution in [0.5, 0.6) is 11.5 Å². The van der Waals surface area contributed by atoms with E-state index in [1.807, 2.05) is 48.5 Å². The van der Waals surface area contributed by atoms with Crippen LogP contribution in [0.2, 0.25) is 0 Å². The van der Waals surface area contributed by atoms with E-state index in [-0.39, 0.29) is 5.56 Å². The van der Waals surface area contributed by atoms with E-state index in [2.05, 4.69) is 5.32 Å². The van der Waals surface area contributed by atoms with Gasteiger partial charge in [-0.2, -0.15) is 0 Å². The lowest BCUT2D eigenvalue weighted by Gasteiger charge is -2.16. The van der Waals surface area contributed by atoms with E-state index >= 15 is 0 Å². The highest BCUT2D eigenvalue weighted by Crippen LogP contribution is 2.32. The Morgan fingerprint density at radius 3 is 2.37 bits per heavy atom. The topological polar surface area (TPSA) is 70.6 Å². The lowest BCUT2D eigenvalue weighted by molar-refractivity contribution is -0.255. The van der Waals surface area contributed by atoms with Gasteiger partial charge in [0.2, 0.25) is 0 Å². The monoisotopic (exact) mass is 362 g/mol. The van der Waals surface area contributed by atoms with Crippen molar-refractivity contribution in [3.8, 4) is 11.5 Å². The number of carboxylic acid groups (broad SMARTS) is 1. The smallest absolute Gasteiger partial charge is 0.166 e. The van der Waals surface area contributed by atoms with Gasteiger partial charge < -0.3 is 24.7 Å². The number of hydrogen-bond acceptors (Lipinski definition) is 5. The molecule has 138 valence electrons. The quantitative estimate of drug-likeness (QED) is 0.666. The minimum atomic E-state index is -1.19. The molecule has 5 nitrogen and oxygen atoms in total. The number of rotatable bonds is 8. The predicted octanol–water partition coefficient (Wildman–Crippen LogP) is 3.25. The molecule has 0 fully saturated rings. The number of methoxy groups -OCH3 is 1. The number of para-hydroxylation sites is 1. The lowest BCUT2D eigenvalue weighted by Crippen LogP contribution is -2.21. The molecule has 0 aromatic heterocycles. The number of benzene rings is 3. The summed E-state index contributed by atoms with van der Waals surface area (Å²) in [5.74, 6) is 0.159. The van der Waals surface area contributed by atoms with Crippen LogP contribution in [0.1, 0.15) is 21.5 Å². The molecule has 3 aromatic rings. The molecule has 5 heteroatoms. The van der Waals surface area contributed by atoms with E-state index in [0.717, 1.165) is 16.8 Å². The van der Waals surface area contributed by atoms with Gasteiger partial charge in [-0.25, -0.2) is 0 Å². The third-order valence-electron chi connectivity index (χ3n) is 4.11. The minimum Gasteiger partial charge on any atom is -0.545 e. The van der Waals surface area contributed by atoms with Gasteiger partial charge in [0.25, 0.3) is 0 Å². The standard InChI is InChI=1S/C22H21NO4/c1-26-20-9-5-8-18(21(20)27-15-16-6-3-2-4-7-16)14-23-19-12-10-17(11-13-19)22(24)25/h2-13,23H,14-15H2,1H3,(H,24,25)/p-1. The fraction of sp³-hybridized carbons (Fsp3) is 0.136. The molecular weight excluding hydrogens is 342 g/mol. The number of nitrogens with one attached hydrogen (secondary N) is 1. The number of hydrogen-bond donors (Lipinski definition) is 1. The van der Waals surface area contributed by atoms with Gasteiger partial charge in [0.1, 0.15) is 6.61 Å². The van der Waals surface area contributed by atoms with E-state index in [1.54, 1.807) is 19.2 Å². The molecule has 0 bridgehead atoms. The second-order valence-electron chi connectivity index (χ2n) is 5.94. The fourth-order valence-electron chi connectivity index (χ4n) is 2.68. The molecule has 0 heterocycles. The van der Waals surface area contributed by atoms with Crippen LogP contribution in [-0.4, -0.2) is 13.1 Å². The molecule has 3 rings (SSSR count). The second-order valence-corrected chi connectivity index (χ2v) is 5.94. The van der Waals surface area contributed by atoms with Crippen molar-refractivity contribution in [3.05, 3.63) is 89.5 Å². The maximum absolute atomic E-state index is 10.8. The van der Waals surface area contributed by atoms with Crippen LogP contribution in [0.25, 0.3) is 0 Å². The summed E-state index contributed by atoms with van der Waals surface area (Å²) in [5.41, 5.74) is 2.96. The first-order valence-corrected chi connectivity index (χ1v) is 8.55. The van der Waals surface area contributed by atoms with Crippen molar-refractivity contribution in [1.82, 2.24) is 0 Å². The third kappa shape index (κ3) is 4.79. The Bertz CT molecular complexity index is 892. The summed E-state index contributed by atoms with van der Waals surface area (Å²) in [6, 6.07) is 22.1. The zero-order valence-electron chi connectivity index (χ0n) is 15.0. The summed E-state index contributed by atoms with van der Waals surface area (Å²) in [5, 5.41) is 14.1. The van der Waals surface area contributed by atoms with Crippen LogP contribution >= 0.6 is 0 Å². The Hall–Kier alpha value is -3.47. The SMILES string of the molecule is COc1cccc(CNc2ccc(C(=O)[O-])cc2)c1OCc1ccccc1. The molecule has 0 amide bonds. The second kappa shape index (κ2) is 8.76. The number of carbonyl (C=O) groups is 1. The van der Waals surface area contributed by atoms with Gasteiger partial charge >= 0.3 is 0 Å². The zero-order valence-corrected chi connectivity index (χ0v) is 15.0. The van der Waals surface area contributed by atoms with Crippen molar-refractivity contribution in [2.24, 2.45) is 0 Å². The van der Waals surface area contributed by atoms with E-state index in [0.29, 0.717) is 24.7 Å². The van der Waals surface area contributed by atoms with E-state index in [4.69, 9.17) is 9.47 Å². The van der Waals surface area contributed by atoms with Crippen molar-refractivity contribution in [2.45, 2.75) is 13.2 Å². The van der Waals surface area contributed by atoms with Gasteiger partial charge in [-0.1, -0.05) is 54.6 Å². The summed E-state index contributed by atoms with van der Waals surface area (Å²) >= 11 is 0. The molecule has 0 saturated heterocycles.